The molecule has 0 radical (unpaired) electrons. The molecule has 4 nitrogen and oxygen atoms in total. The maximum absolute atomic E-state index is 12.8. The molecule has 1 saturated carbocycles. The molecular weight excluding hydrogens is 302 g/mol. The maximum atomic E-state index is 12.8. The lowest BCUT2D eigenvalue weighted by Crippen LogP contribution is -2.45. The fourth-order valence-electron chi connectivity index (χ4n) is 2.73. The van der Waals surface area contributed by atoms with Crippen LogP contribution in [0, 0.1) is 12.8 Å². The molecule has 134 valence electrons. The molecule has 0 heterocycles. The Labute approximate surface area is 145 Å². The van der Waals surface area contributed by atoms with E-state index in [4.69, 9.17) is 9.47 Å². The largest absolute Gasteiger partial charge is 0.490 e. The number of aryl methyl sites for hydroxylation is 1. The number of carbonyl (C=O) groups is 1. The van der Waals surface area contributed by atoms with Gasteiger partial charge in [-0.25, -0.2) is 0 Å². The monoisotopic (exact) mass is 333 g/mol. The Morgan fingerprint density at radius 2 is 2.08 bits per heavy atom. The first-order valence-corrected chi connectivity index (χ1v) is 9.13. The molecule has 2 atom stereocenters. The van der Waals surface area contributed by atoms with E-state index in [1.54, 1.807) is 0 Å². The van der Waals surface area contributed by atoms with Crippen LogP contribution in [0.3, 0.4) is 0 Å². The summed E-state index contributed by atoms with van der Waals surface area (Å²) in [6.45, 7) is 10.8. The van der Waals surface area contributed by atoms with E-state index >= 15 is 0 Å². The van der Waals surface area contributed by atoms with Gasteiger partial charge in [-0.3, -0.25) is 4.79 Å². The summed E-state index contributed by atoms with van der Waals surface area (Å²) in [6, 6.07) is 5.79. The van der Waals surface area contributed by atoms with Gasteiger partial charge in [0.15, 0.2) is 0 Å². The van der Waals surface area contributed by atoms with E-state index in [0.29, 0.717) is 12.5 Å². The van der Waals surface area contributed by atoms with E-state index < -0.39 is 5.60 Å². The number of hydrogen-bond donors (Lipinski definition) is 1. The molecule has 0 aromatic heterocycles. The van der Waals surface area contributed by atoms with Gasteiger partial charge in [-0.1, -0.05) is 13.8 Å². The number of amides is 1. The second-order valence-electron chi connectivity index (χ2n) is 7.00. The number of rotatable bonds is 9. The second-order valence-corrected chi connectivity index (χ2v) is 7.00. The summed E-state index contributed by atoms with van der Waals surface area (Å²) in [4.78, 5) is 12.8. The first kappa shape index (κ1) is 18.8. The zero-order valence-electron chi connectivity index (χ0n) is 15.6. The Morgan fingerprint density at radius 1 is 1.38 bits per heavy atom. The number of ether oxygens (including phenoxy) is 2. The minimum Gasteiger partial charge on any atom is -0.490 e. The predicted octanol–water partition coefficient (Wildman–Crippen LogP) is 4.71. The summed E-state index contributed by atoms with van der Waals surface area (Å²) >= 11 is 0. The molecule has 4 heteroatoms. The summed E-state index contributed by atoms with van der Waals surface area (Å²) < 4.78 is 11.8. The van der Waals surface area contributed by atoms with Crippen molar-refractivity contribution in [3.8, 4) is 5.75 Å². The third kappa shape index (κ3) is 4.50. The molecule has 0 saturated heterocycles. The molecule has 2 unspecified atom stereocenters. The number of carbonyl (C=O) groups excluding carboxylic acids is 1. The predicted molar refractivity (Wildman–Crippen MR) is 97.6 cm³/mol. The van der Waals surface area contributed by atoms with E-state index in [0.717, 1.165) is 42.7 Å². The van der Waals surface area contributed by atoms with Crippen LogP contribution in [0.2, 0.25) is 0 Å². The smallest absolute Gasteiger partial charge is 0.256 e. The highest BCUT2D eigenvalue weighted by Crippen LogP contribution is 2.42. The van der Waals surface area contributed by atoms with Crippen molar-refractivity contribution in [1.29, 1.82) is 0 Å². The molecule has 1 amide bonds. The maximum Gasteiger partial charge on any atom is 0.256 e. The van der Waals surface area contributed by atoms with Gasteiger partial charge in [0.2, 0.25) is 0 Å². The topological polar surface area (TPSA) is 47.6 Å². The van der Waals surface area contributed by atoms with Crippen molar-refractivity contribution in [3.63, 3.8) is 0 Å². The van der Waals surface area contributed by atoms with Crippen molar-refractivity contribution < 1.29 is 14.3 Å². The highest BCUT2D eigenvalue weighted by Gasteiger charge is 2.48. The van der Waals surface area contributed by atoms with Gasteiger partial charge in [0.1, 0.15) is 11.4 Å². The Bertz CT molecular complexity index is 568. The normalized spacial score (nSPS) is 17.9. The van der Waals surface area contributed by atoms with Crippen molar-refractivity contribution in [3.05, 3.63) is 23.8 Å². The lowest BCUT2D eigenvalue weighted by Gasteiger charge is -2.28. The van der Waals surface area contributed by atoms with Crippen LogP contribution in [0.1, 0.15) is 58.9 Å². The molecule has 1 aliphatic rings. The van der Waals surface area contributed by atoms with Crippen LogP contribution in [-0.2, 0) is 9.53 Å². The van der Waals surface area contributed by atoms with Crippen LogP contribution in [0.15, 0.2) is 18.2 Å². The number of hydrogen-bond acceptors (Lipinski definition) is 3. The van der Waals surface area contributed by atoms with Crippen molar-refractivity contribution in [2.24, 2.45) is 5.92 Å². The zero-order valence-corrected chi connectivity index (χ0v) is 15.6. The molecule has 24 heavy (non-hydrogen) atoms. The van der Waals surface area contributed by atoms with Gasteiger partial charge >= 0.3 is 0 Å². The number of nitrogens with one attached hydrogen (secondary N) is 1. The fourth-order valence-corrected chi connectivity index (χ4v) is 2.73. The van der Waals surface area contributed by atoms with Crippen LogP contribution in [-0.4, -0.2) is 24.2 Å². The molecule has 0 spiro atoms. The lowest BCUT2D eigenvalue weighted by molar-refractivity contribution is -0.142. The number of anilines is 1. The Hall–Kier alpha value is -1.55. The highest BCUT2D eigenvalue weighted by atomic mass is 16.5. The first-order valence-electron chi connectivity index (χ1n) is 9.13. The van der Waals surface area contributed by atoms with Gasteiger partial charge in [0.25, 0.3) is 5.91 Å². The SMILES string of the molecule is CCCOC(C)(C(=O)Nc1ccc(OC(C)CC)c(C)c1)C1CC1. The molecule has 1 N–H and O–H groups in total. The van der Waals surface area contributed by atoms with Crippen LogP contribution in [0.5, 0.6) is 5.75 Å². The summed E-state index contributed by atoms with van der Waals surface area (Å²) in [5, 5.41) is 3.03. The highest BCUT2D eigenvalue weighted by molar-refractivity contribution is 5.97. The molecule has 1 fully saturated rings. The van der Waals surface area contributed by atoms with Crippen molar-refractivity contribution in [2.75, 3.05) is 11.9 Å². The van der Waals surface area contributed by atoms with E-state index in [1.807, 2.05) is 32.0 Å². The van der Waals surface area contributed by atoms with Gasteiger partial charge in [0, 0.05) is 12.3 Å². The molecule has 0 aliphatic heterocycles. The van der Waals surface area contributed by atoms with Crippen LogP contribution < -0.4 is 10.1 Å². The third-order valence-corrected chi connectivity index (χ3v) is 4.75. The van der Waals surface area contributed by atoms with E-state index in [2.05, 4.69) is 26.1 Å². The molecule has 1 aliphatic carbocycles. The van der Waals surface area contributed by atoms with E-state index in [9.17, 15) is 4.79 Å². The lowest BCUT2D eigenvalue weighted by atomic mass is 9.98. The van der Waals surface area contributed by atoms with Crippen molar-refractivity contribution in [1.82, 2.24) is 0 Å². The van der Waals surface area contributed by atoms with Crippen LogP contribution >= 0.6 is 0 Å². The number of benzene rings is 1. The van der Waals surface area contributed by atoms with Gasteiger partial charge in [0.05, 0.1) is 6.10 Å². The summed E-state index contributed by atoms with van der Waals surface area (Å²) in [6.07, 6.45) is 4.19. The fraction of sp³-hybridized carbons (Fsp3) is 0.650. The Morgan fingerprint density at radius 3 is 2.62 bits per heavy atom. The average molecular weight is 333 g/mol. The Balaban J connectivity index is 2.06. The summed E-state index contributed by atoms with van der Waals surface area (Å²) in [7, 11) is 0. The van der Waals surface area contributed by atoms with Gasteiger partial charge in [-0.05, 0) is 76.1 Å². The van der Waals surface area contributed by atoms with Crippen LogP contribution in [0.4, 0.5) is 5.69 Å². The van der Waals surface area contributed by atoms with Crippen LogP contribution in [0.25, 0.3) is 0 Å². The average Bonchev–Trinajstić information content (AvgIpc) is 3.40. The Kier molecular flexibility index (Phi) is 6.27. The molecule has 1 aromatic rings. The van der Waals surface area contributed by atoms with Gasteiger partial charge in [-0.2, -0.15) is 0 Å². The van der Waals surface area contributed by atoms with Crippen molar-refractivity contribution in [2.45, 2.75) is 72.0 Å². The van der Waals surface area contributed by atoms with E-state index in [-0.39, 0.29) is 12.0 Å². The third-order valence-electron chi connectivity index (χ3n) is 4.75. The zero-order chi connectivity index (χ0) is 17.7. The second kappa shape index (κ2) is 8.02. The summed E-state index contributed by atoms with van der Waals surface area (Å²) in [5.41, 5.74) is 1.09. The minimum absolute atomic E-state index is 0.0477. The molecular formula is C20H31NO3. The molecule has 0 bridgehead atoms. The summed E-state index contributed by atoms with van der Waals surface area (Å²) in [5.74, 6) is 1.15. The first-order chi connectivity index (χ1) is 11.4. The molecule has 2 rings (SSSR count). The standard InChI is InChI=1S/C20H31NO3/c1-6-12-23-20(5,16-8-9-16)19(22)21-17-10-11-18(14(3)13-17)24-15(4)7-2/h10-11,13,15-16H,6-9,12H2,1-5H3,(H,21,22). The van der Waals surface area contributed by atoms with Gasteiger partial charge in [-0.15, -0.1) is 0 Å². The van der Waals surface area contributed by atoms with Gasteiger partial charge < -0.3 is 14.8 Å². The molecule has 1 aromatic carbocycles. The van der Waals surface area contributed by atoms with Crippen molar-refractivity contribution >= 4 is 11.6 Å². The van der Waals surface area contributed by atoms with E-state index in [1.165, 1.54) is 0 Å². The quantitative estimate of drug-likeness (QED) is 0.712. The minimum atomic E-state index is -0.726.